The molecule has 1 fully saturated rings. The Morgan fingerprint density at radius 3 is 2.24 bits per heavy atom. The third-order valence-electron chi connectivity index (χ3n) is 5.45. The minimum Gasteiger partial charge on any atom is -0.492 e. The summed E-state index contributed by atoms with van der Waals surface area (Å²) in [5.41, 5.74) is 0.671. The van der Waals surface area contributed by atoms with Gasteiger partial charge in [-0.15, -0.1) is 0 Å². The summed E-state index contributed by atoms with van der Waals surface area (Å²) in [6.45, 7) is 5.34. The van der Waals surface area contributed by atoms with E-state index in [1.165, 1.54) is 0 Å². The molecule has 1 saturated heterocycles. The SMILES string of the molecule is O=C(CN1CCN(CCOc2ccc(Cl)cc2)CC1)Nc1ccccc1Oc1ccccc1. The number of carbonyl (C=O) groups is 1. The molecule has 172 valence electrons. The molecule has 1 amide bonds. The third kappa shape index (κ3) is 7.22. The average Bonchev–Trinajstić information content (AvgIpc) is 2.83. The van der Waals surface area contributed by atoms with Gasteiger partial charge in [-0.3, -0.25) is 14.6 Å². The summed E-state index contributed by atoms with van der Waals surface area (Å²) in [5, 5.41) is 3.70. The summed E-state index contributed by atoms with van der Waals surface area (Å²) in [5.74, 6) is 2.14. The fourth-order valence-electron chi connectivity index (χ4n) is 3.66. The van der Waals surface area contributed by atoms with Crippen LogP contribution in [0.3, 0.4) is 0 Å². The molecule has 0 unspecified atom stereocenters. The highest BCUT2D eigenvalue weighted by Gasteiger charge is 2.19. The van der Waals surface area contributed by atoms with Gasteiger partial charge in [0.15, 0.2) is 5.75 Å². The van der Waals surface area contributed by atoms with E-state index >= 15 is 0 Å². The number of para-hydroxylation sites is 3. The van der Waals surface area contributed by atoms with Crippen molar-refractivity contribution in [2.24, 2.45) is 0 Å². The van der Waals surface area contributed by atoms with Crippen molar-refractivity contribution in [3.8, 4) is 17.2 Å². The third-order valence-corrected chi connectivity index (χ3v) is 5.71. The molecule has 0 saturated carbocycles. The van der Waals surface area contributed by atoms with E-state index < -0.39 is 0 Å². The van der Waals surface area contributed by atoms with Gasteiger partial charge in [0, 0.05) is 37.7 Å². The normalized spacial score (nSPS) is 14.6. The maximum Gasteiger partial charge on any atom is 0.238 e. The number of nitrogens with zero attached hydrogens (tertiary/aromatic N) is 2. The van der Waals surface area contributed by atoms with Crippen LogP contribution in [0, 0.1) is 0 Å². The van der Waals surface area contributed by atoms with Gasteiger partial charge >= 0.3 is 0 Å². The molecule has 6 nitrogen and oxygen atoms in total. The molecule has 4 rings (SSSR count). The Hall–Kier alpha value is -3.06. The molecule has 1 heterocycles. The number of piperazine rings is 1. The van der Waals surface area contributed by atoms with Gasteiger partial charge in [0.05, 0.1) is 12.2 Å². The molecule has 1 N–H and O–H groups in total. The quantitative estimate of drug-likeness (QED) is 0.493. The van der Waals surface area contributed by atoms with Crippen molar-refractivity contribution in [1.29, 1.82) is 0 Å². The summed E-state index contributed by atoms with van der Waals surface area (Å²) < 4.78 is 11.7. The average molecular weight is 466 g/mol. The number of anilines is 1. The standard InChI is InChI=1S/C26H28ClN3O3/c27-21-10-12-22(13-11-21)32-19-18-29-14-16-30(17-15-29)20-26(31)28-24-8-4-5-9-25(24)33-23-6-2-1-3-7-23/h1-13H,14-20H2,(H,28,31). The lowest BCUT2D eigenvalue weighted by Gasteiger charge is -2.34. The van der Waals surface area contributed by atoms with E-state index in [1.54, 1.807) is 0 Å². The predicted octanol–water partition coefficient (Wildman–Crippen LogP) is 4.77. The van der Waals surface area contributed by atoms with Crippen LogP contribution < -0.4 is 14.8 Å². The number of ether oxygens (including phenoxy) is 2. The van der Waals surface area contributed by atoms with Crippen LogP contribution in [0.1, 0.15) is 0 Å². The van der Waals surface area contributed by atoms with Gasteiger partial charge in [0.25, 0.3) is 0 Å². The lowest BCUT2D eigenvalue weighted by Crippen LogP contribution is -2.49. The highest BCUT2D eigenvalue weighted by atomic mass is 35.5. The van der Waals surface area contributed by atoms with E-state index in [9.17, 15) is 4.79 Å². The molecule has 0 aromatic heterocycles. The first-order valence-electron chi connectivity index (χ1n) is 11.1. The molecule has 3 aromatic rings. The minimum atomic E-state index is -0.0429. The number of hydrogen-bond acceptors (Lipinski definition) is 5. The zero-order valence-electron chi connectivity index (χ0n) is 18.5. The summed E-state index contributed by atoms with van der Waals surface area (Å²) >= 11 is 5.90. The Balaban J connectivity index is 1.19. The fourth-order valence-corrected chi connectivity index (χ4v) is 3.79. The highest BCUT2D eigenvalue weighted by molar-refractivity contribution is 6.30. The smallest absolute Gasteiger partial charge is 0.238 e. The van der Waals surface area contributed by atoms with Crippen LogP contribution in [0.5, 0.6) is 17.2 Å². The van der Waals surface area contributed by atoms with Crippen molar-refractivity contribution >= 4 is 23.2 Å². The van der Waals surface area contributed by atoms with E-state index in [0.29, 0.717) is 29.6 Å². The lowest BCUT2D eigenvalue weighted by atomic mass is 10.2. The minimum absolute atomic E-state index is 0.0429. The van der Waals surface area contributed by atoms with E-state index in [1.807, 2.05) is 78.9 Å². The van der Waals surface area contributed by atoms with Gasteiger partial charge < -0.3 is 14.8 Å². The van der Waals surface area contributed by atoms with Crippen LogP contribution in [0.2, 0.25) is 5.02 Å². The molecule has 1 aliphatic rings. The van der Waals surface area contributed by atoms with Crippen LogP contribution in [-0.4, -0.2) is 61.6 Å². The van der Waals surface area contributed by atoms with E-state index in [0.717, 1.165) is 44.2 Å². The van der Waals surface area contributed by atoms with Gasteiger partial charge in [-0.05, 0) is 48.5 Å². The van der Waals surface area contributed by atoms with Crippen molar-refractivity contribution in [2.45, 2.75) is 0 Å². The van der Waals surface area contributed by atoms with Crippen LogP contribution in [0.15, 0.2) is 78.9 Å². The number of halogens is 1. The second kappa shape index (κ2) is 11.7. The molecule has 1 aliphatic heterocycles. The first kappa shape index (κ1) is 23.1. The number of rotatable bonds is 9. The fraction of sp³-hybridized carbons (Fsp3) is 0.269. The molecular formula is C26H28ClN3O3. The first-order valence-corrected chi connectivity index (χ1v) is 11.5. The Bertz CT molecular complexity index is 1020. The van der Waals surface area contributed by atoms with Crippen molar-refractivity contribution in [3.05, 3.63) is 83.9 Å². The second-order valence-corrected chi connectivity index (χ2v) is 8.32. The molecule has 0 spiro atoms. The van der Waals surface area contributed by atoms with E-state index in [-0.39, 0.29) is 5.91 Å². The lowest BCUT2D eigenvalue weighted by molar-refractivity contribution is -0.117. The maximum absolute atomic E-state index is 12.7. The summed E-state index contributed by atoms with van der Waals surface area (Å²) in [7, 11) is 0. The molecule has 3 aromatic carbocycles. The van der Waals surface area contributed by atoms with Crippen molar-refractivity contribution < 1.29 is 14.3 Å². The Labute approximate surface area is 199 Å². The van der Waals surface area contributed by atoms with Gasteiger partial charge in [0.2, 0.25) is 5.91 Å². The topological polar surface area (TPSA) is 54.0 Å². The van der Waals surface area contributed by atoms with Crippen LogP contribution >= 0.6 is 11.6 Å². The Morgan fingerprint density at radius 1 is 0.818 bits per heavy atom. The molecule has 0 aliphatic carbocycles. The molecule has 0 atom stereocenters. The second-order valence-electron chi connectivity index (χ2n) is 7.88. The number of nitrogens with one attached hydrogen (secondary N) is 1. The van der Waals surface area contributed by atoms with Gasteiger partial charge in [-0.1, -0.05) is 41.9 Å². The number of benzene rings is 3. The van der Waals surface area contributed by atoms with E-state index in [4.69, 9.17) is 21.1 Å². The summed E-state index contributed by atoms with van der Waals surface area (Å²) in [4.78, 5) is 17.2. The molecule has 0 bridgehead atoms. The summed E-state index contributed by atoms with van der Waals surface area (Å²) in [6.07, 6.45) is 0. The highest BCUT2D eigenvalue weighted by Crippen LogP contribution is 2.29. The van der Waals surface area contributed by atoms with Gasteiger partial charge in [-0.2, -0.15) is 0 Å². The largest absolute Gasteiger partial charge is 0.492 e. The number of carbonyl (C=O) groups excluding carboxylic acids is 1. The molecule has 0 radical (unpaired) electrons. The number of amides is 1. The van der Waals surface area contributed by atoms with Crippen molar-refractivity contribution in [1.82, 2.24) is 9.80 Å². The Morgan fingerprint density at radius 2 is 1.48 bits per heavy atom. The zero-order chi connectivity index (χ0) is 22.9. The van der Waals surface area contributed by atoms with E-state index in [2.05, 4.69) is 15.1 Å². The van der Waals surface area contributed by atoms with Gasteiger partial charge in [0.1, 0.15) is 18.1 Å². The molecule has 33 heavy (non-hydrogen) atoms. The zero-order valence-corrected chi connectivity index (χ0v) is 19.2. The molecule has 7 heteroatoms. The van der Waals surface area contributed by atoms with Crippen LogP contribution in [0.4, 0.5) is 5.69 Å². The molecular weight excluding hydrogens is 438 g/mol. The maximum atomic E-state index is 12.7. The van der Waals surface area contributed by atoms with Crippen LogP contribution in [0.25, 0.3) is 0 Å². The summed E-state index contributed by atoms with van der Waals surface area (Å²) in [6, 6.07) is 24.4. The monoisotopic (exact) mass is 465 g/mol. The Kier molecular flexibility index (Phi) is 8.19. The van der Waals surface area contributed by atoms with Crippen molar-refractivity contribution in [2.75, 3.05) is 51.2 Å². The van der Waals surface area contributed by atoms with Crippen LogP contribution in [-0.2, 0) is 4.79 Å². The van der Waals surface area contributed by atoms with Gasteiger partial charge in [-0.25, -0.2) is 0 Å². The predicted molar refractivity (Wildman–Crippen MR) is 131 cm³/mol. The first-order chi connectivity index (χ1) is 16.2. The number of hydrogen-bond donors (Lipinski definition) is 1. The van der Waals surface area contributed by atoms with Crippen molar-refractivity contribution in [3.63, 3.8) is 0 Å².